The monoisotopic (exact) mass is 397 g/mol. The molecule has 0 atom stereocenters. The molecular formula is C22H31N5O2. The Morgan fingerprint density at radius 3 is 2.69 bits per heavy atom. The summed E-state index contributed by atoms with van der Waals surface area (Å²) < 4.78 is 7.61. The average Bonchev–Trinajstić information content (AvgIpc) is 3.13. The van der Waals surface area contributed by atoms with Crippen molar-refractivity contribution >= 4 is 5.91 Å². The van der Waals surface area contributed by atoms with Crippen LogP contribution in [0.15, 0.2) is 30.2 Å². The lowest BCUT2D eigenvalue weighted by atomic mass is 9.95. The topological polar surface area (TPSA) is 73.1 Å². The van der Waals surface area contributed by atoms with Crippen LogP contribution in [-0.2, 0) is 16.7 Å². The molecule has 156 valence electrons. The van der Waals surface area contributed by atoms with E-state index in [1.165, 1.54) is 11.8 Å². The number of carbonyl (C=O) groups excluding carboxylic acids is 1. The molecule has 1 aliphatic heterocycles. The Morgan fingerprint density at radius 1 is 1.24 bits per heavy atom. The average molecular weight is 398 g/mol. The molecule has 0 radical (unpaired) electrons. The van der Waals surface area contributed by atoms with Gasteiger partial charge in [0.05, 0.1) is 25.6 Å². The molecule has 29 heavy (non-hydrogen) atoms. The third-order valence-corrected chi connectivity index (χ3v) is 4.90. The van der Waals surface area contributed by atoms with Crippen molar-refractivity contribution in [1.29, 1.82) is 0 Å². The first-order chi connectivity index (χ1) is 13.8. The van der Waals surface area contributed by atoms with Gasteiger partial charge < -0.3 is 14.2 Å². The molecule has 3 rings (SSSR count). The van der Waals surface area contributed by atoms with Gasteiger partial charge in [0.1, 0.15) is 22.9 Å². The Balaban J connectivity index is 1.93. The third-order valence-electron chi connectivity index (χ3n) is 4.90. The molecule has 0 aliphatic carbocycles. The molecule has 1 amide bonds. The predicted molar refractivity (Wildman–Crippen MR) is 113 cm³/mol. The second-order valence-corrected chi connectivity index (χ2v) is 8.53. The summed E-state index contributed by atoms with van der Waals surface area (Å²) in [6, 6.07) is 0. The molecule has 2 aromatic heterocycles. The number of hydrogen-bond acceptors (Lipinski definition) is 5. The van der Waals surface area contributed by atoms with E-state index < -0.39 is 0 Å². The van der Waals surface area contributed by atoms with Gasteiger partial charge in [-0.2, -0.15) is 0 Å². The van der Waals surface area contributed by atoms with Crippen LogP contribution in [0.5, 0.6) is 0 Å². The largest absolute Gasteiger partial charge is 0.377 e. The number of hydrogen-bond donors (Lipinski definition) is 0. The highest BCUT2D eigenvalue weighted by atomic mass is 16.5. The summed E-state index contributed by atoms with van der Waals surface area (Å²) >= 11 is 0. The van der Waals surface area contributed by atoms with E-state index in [0.29, 0.717) is 24.5 Å². The fourth-order valence-electron chi connectivity index (χ4n) is 3.41. The smallest absolute Gasteiger partial charge is 0.273 e. The summed E-state index contributed by atoms with van der Waals surface area (Å²) in [5.41, 5.74) is 2.93. The van der Waals surface area contributed by atoms with Crippen LogP contribution in [0.2, 0.25) is 0 Å². The van der Waals surface area contributed by atoms with Gasteiger partial charge in [0, 0.05) is 31.7 Å². The summed E-state index contributed by atoms with van der Waals surface area (Å²) in [5, 5.41) is 0. The Bertz CT molecular complexity index is 895. The lowest BCUT2D eigenvalue weighted by molar-refractivity contribution is 0.0789. The third kappa shape index (κ3) is 5.09. The van der Waals surface area contributed by atoms with E-state index in [0.717, 1.165) is 37.5 Å². The minimum Gasteiger partial charge on any atom is -0.377 e. The molecule has 0 fully saturated rings. The lowest BCUT2D eigenvalue weighted by Crippen LogP contribution is -2.28. The zero-order chi connectivity index (χ0) is 21.0. The minimum absolute atomic E-state index is 0.119. The van der Waals surface area contributed by atoms with Gasteiger partial charge in [-0.15, -0.1) is 0 Å². The maximum atomic E-state index is 12.6. The zero-order valence-electron chi connectivity index (χ0n) is 18.1. The summed E-state index contributed by atoms with van der Waals surface area (Å²) in [4.78, 5) is 28.0. The van der Waals surface area contributed by atoms with Crippen LogP contribution in [-0.4, -0.2) is 57.1 Å². The molecule has 0 bridgehead atoms. The van der Waals surface area contributed by atoms with E-state index in [9.17, 15) is 4.79 Å². The Hall–Kier alpha value is -2.54. The van der Waals surface area contributed by atoms with Crippen LogP contribution in [0, 0.1) is 0 Å². The van der Waals surface area contributed by atoms with E-state index in [-0.39, 0.29) is 11.3 Å². The molecule has 2 aromatic rings. The molecule has 7 nitrogen and oxygen atoms in total. The number of ether oxygens (including phenoxy) is 1. The van der Waals surface area contributed by atoms with E-state index in [1.807, 2.05) is 13.1 Å². The van der Waals surface area contributed by atoms with Crippen molar-refractivity contribution in [2.45, 2.75) is 52.5 Å². The summed E-state index contributed by atoms with van der Waals surface area (Å²) in [7, 11) is 1.79. The predicted octanol–water partition coefficient (Wildman–Crippen LogP) is 3.47. The number of rotatable bonds is 6. The normalized spacial score (nSPS) is 14.6. The molecule has 0 N–H and O–H groups in total. The first-order valence-electron chi connectivity index (χ1n) is 10.2. The first kappa shape index (κ1) is 21.2. The van der Waals surface area contributed by atoms with Crippen LogP contribution >= 0.6 is 0 Å². The summed E-state index contributed by atoms with van der Waals surface area (Å²) in [6.07, 6.45) is 9.19. The molecule has 0 unspecified atom stereocenters. The minimum atomic E-state index is -0.121. The molecule has 0 spiro atoms. The second kappa shape index (κ2) is 8.86. The van der Waals surface area contributed by atoms with Gasteiger partial charge in [0.25, 0.3) is 5.91 Å². The van der Waals surface area contributed by atoms with Gasteiger partial charge in [0.15, 0.2) is 0 Å². The van der Waals surface area contributed by atoms with Gasteiger partial charge >= 0.3 is 0 Å². The van der Waals surface area contributed by atoms with Gasteiger partial charge in [-0.3, -0.25) is 9.78 Å². The number of aromatic nitrogens is 4. The van der Waals surface area contributed by atoms with Crippen LogP contribution in [0.3, 0.4) is 0 Å². The Labute approximate surface area is 172 Å². The fourth-order valence-corrected chi connectivity index (χ4v) is 3.41. The maximum Gasteiger partial charge on any atom is 0.273 e. The van der Waals surface area contributed by atoms with Crippen LogP contribution in [0.1, 0.15) is 56.8 Å². The highest BCUT2D eigenvalue weighted by Crippen LogP contribution is 2.27. The number of amides is 1. The SMILES string of the molecule is CCCN(C)C(=O)c1cncc(-c2cn(CC3=CCOCC3)c(C(C)(C)C)n2)n1. The van der Waals surface area contributed by atoms with Crippen LogP contribution in [0.25, 0.3) is 11.4 Å². The van der Waals surface area contributed by atoms with Crippen molar-refractivity contribution in [1.82, 2.24) is 24.4 Å². The van der Waals surface area contributed by atoms with Crippen molar-refractivity contribution in [2.75, 3.05) is 26.8 Å². The number of carbonyl (C=O) groups is 1. The van der Waals surface area contributed by atoms with Gasteiger partial charge in [0.2, 0.25) is 0 Å². The molecule has 0 saturated heterocycles. The van der Waals surface area contributed by atoms with E-state index >= 15 is 0 Å². The highest BCUT2D eigenvalue weighted by molar-refractivity contribution is 5.92. The molecule has 7 heteroatoms. The Kier molecular flexibility index (Phi) is 6.47. The summed E-state index contributed by atoms with van der Waals surface area (Å²) in [5.74, 6) is 0.866. The molecule has 1 aliphatic rings. The highest BCUT2D eigenvalue weighted by Gasteiger charge is 2.24. The lowest BCUT2D eigenvalue weighted by Gasteiger charge is -2.21. The molecular weight excluding hydrogens is 366 g/mol. The van der Waals surface area contributed by atoms with Crippen molar-refractivity contribution in [3.05, 3.63) is 41.8 Å². The summed E-state index contributed by atoms with van der Waals surface area (Å²) in [6.45, 7) is 11.4. The number of nitrogens with zero attached hydrogens (tertiary/aromatic N) is 5. The maximum absolute atomic E-state index is 12.6. The fraction of sp³-hybridized carbons (Fsp3) is 0.545. The van der Waals surface area contributed by atoms with Crippen molar-refractivity contribution in [3.8, 4) is 11.4 Å². The van der Waals surface area contributed by atoms with Gasteiger partial charge in [-0.05, 0) is 18.4 Å². The molecule has 0 saturated carbocycles. The van der Waals surface area contributed by atoms with Crippen molar-refractivity contribution < 1.29 is 9.53 Å². The first-order valence-corrected chi connectivity index (χ1v) is 10.2. The second-order valence-electron chi connectivity index (χ2n) is 8.53. The van der Waals surface area contributed by atoms with Crippen molar-refractivity contribution in [3.63, 3.8) is 0 Å². The zero-order valence-corrected chi connectivity index (χ0v) is 18.1. The van der Waals surface area contributed by atoms with Gasteiger partial charge in [-0.25, -0.2) is 9.97 Å². The number of imidazole rings is 1. The van der Waals surface area contributed by atoms with Crippen LogP contribution < -0.4 is 0 Å². The Morgan fingerprint density at radius 2 is 2.03 bits per heavy atom. The van der Waals surface area contributed by atoms with E-state index in [2.05, 4.69) is 41.4 Å². The standard InChI is InChI=1S/C22H31N5O2/c1-6-9-26(5)20(28)18-13-23-12-17(24-18)19-15-27(21(25-19)22(2,3)4)14-16-7-10-29-11-8-16/h7,12-13,15H,6,8-11,14H2,1-5H3. The quantitative estimate of drug-likeness (QED) is 0.698. The van der Waals surface area contributed by atoms with E-state index in [4.69, 9.17) is 9.72 Å². The molecule has 3 heterocycles. The van der Waals surface area contributed by atoms with E-state index in [1.54, 1.807) is 18.1 Å². The van der Waals surface area contributed by atoms with Gasteiger partial charge in [-0.1, -0.05) is 33.8 Å². The van der Waals surface area contributed by atoms with Crippen LogP contribution in [0.4, 0.5) is 0 Å². The molecule has 0 aromatic carbocycles. The van der Waals surface area contributed by atoms with Crippen molar-refractivity contribution in [2.24, 2.45) is 0 Å².